The lowest BCUT2D eigenvalue weighted by molar-refractivity contribution is 0.481. The molecule has 0 unspecified atom stereocenters. The monoisotopic (exact) mass is 406 g/mol. The highest BCUT2D eigenvalue weighted by Crippen LogP contribution is 2.35. The molecule has 156 valence electrons. The van der Waals surface area contributed by atoms with E-state index in [0.29, 0.717) is 0 Å². The van der Waals surface area contributed by atoms with Gasteiger partial charge in [-0.15, -0.1) is 0 Å². The van der Waals surface area contributed by atoms with Crippen molar-refractivity contribution in [3.8, 4) is 11.5 Å². The molecule has 0 saturated carbocycles. The van der Waals surface area contributed by atoms with E-state index in [9.17, 15) is 0 Å². The lowest BCUT2D eigenvalue weighted by Crippen LogP contribution is -2.18. The fourth-order valence-corrected chi connectivity index (χ4v) is 4.06. The lowest BCUT2D eigenvalue weighted by Gasteiger charge is -2.26. The molecule has 1 nitrogen and oxygen atoms in total. The van der Waals surface area contributed by atoms with Crippen molar-refractivity contribution < 1.29 is 4.74 Å². The summed E-state index contributed by atoms with van der Waals surface area (Å²) in [5.41, 5.74) is 5.05. The van der Waals surface area contributed by atoms with Gasteiger partial charge in [0.15, 0.2) is 0 Å². The van der Waals surface area contributed by atoms with Gasteiger partial charge in [-0.3, -0.25) is 0 Å². The molecular formula is C30H30O. The minimum absolute atomic E-state index is 0.0511. The van der Waals surface area contributed by atoms with Gasteiger partial charge in [-0.05, 0) is 46.5 Å². The van der Waals surface area contributed by atoms with E-state index in [1.807, 2.05) is 0 Å². The normalized spacial score (nSPS) is 11.9. The first kappa shape index (κ1) is 20.9. The molecule has 0 atom stereocenters. The minimum atomic E-state index is -0.0511. The van der Waals surface area contributed by atoms with Gasteiger partial charge in [0.05, 0.1) is 0 Å². The molecule has 0 spiro atoms. The Kier molecular flexibility index (Phi) is 5.69. The maximum absolute atomic E-state index is 6.13. The maximum Gasteiger partial charge on any atom is 0.127 e. The molecule has 0 amide bonds. The van der Waals surface area contributed by atoms with Gasteiger partial charge >= 0.3 is 0 Å². The maximum atomic E-state index is 6.13. The van der Waals surface area contributed by atoms with Crippen molar-refractivity contribution in [1.29, 1.82) is 0 Å². The summed E-state index contributed by atoms with van der Waals surface area (Å²) in [6.07, 6.45) is 0. The molecule has 0 bridgehead atoms. The summed E-state index contributed by atoms with van der Waals surface area (Å²) in [5.74, 6) is 1.70. The van der Waals surface area contributed by atoms with Gasteiger partial charge in [0.25, 0.3) is 0 Å². The van der Waals surface area contributed by atoms with Crippen LogP contribution < -0.4 is 4.74 Å². The molecular weight excluding hydrogens is 376 g/mol. The first-order valence-electron chi connectivity index (χ1n) is 10.9. The van der Waals surface area contributed by atoms with E-state index in [1.54, 1.807) is 0 Å². The van der Waals surface area contributed by atoms with E-state index >= 15 is 0 Å². The van der Waals surface area contributed by atoms with Crippen LogP contribution in [0.4, 0.5) is 0 Å². The van der Waals surface area contributed by atoms with Crippen LogP contribution in [0, 0.1) is 0 Å². The van der Waals surface area contributed by atoms with Crippen LogP contribution in [0.25, 0.3) is 0 Å². The summed E-state index contributed by atoms with van der Waals surface area (Å²) in [4.78, 5) is 0. The Morgan fingerprint density at radius 2 is 0.677 bits per heavy atom. The SMILES string of the molecule is CC(C)(c1ccccc1)c1ccc(Oc2ccc(C(C)(C)c3ccccc3)cc2)cc1. The average Bonchev–Trinajstić information content (AvgIpc) is 2.81. The second-order valence-electron chi connectivity index (χ2n) is 9.13. The molecule has 0 heterocycles. The van der Waals surface area contributed by atoms with E-state index in [0.717, 1.165) is 11.5 Å². The number of hydrogen-bond donors (Lipinski definition) is 0. The molecule has 4 rings (SSSR count). The van der Waals surface area contributed by atoms with Crippen LogP contribution in [0.15, 0.2) is 109 Å². The molecule has 0 radical (unpaired) electrons. The smallest absolute Gasteiger partial charge is 0.127 e. The third kappa shape index (κ3) is 4.41. The first-order valence-corrected chi connectivity index (χ1v) is 10.9. The van der Waals surface area contributed by atoms with E-state index in [-0.39, 0.29) is 10.8 Å². The fourth-order valence-electron chi connectivity index (χ4n) is 4.06. The third-order valence-electron chi connectivity index (χ3n) is 6.38. The Labute approximate surface area is 186 Å². The minimum Gasteiger partial charge on any atom is -0.457 e. The molecule has 0 aliphatic heterocycles. The Balaban J connectivity index is 1.49. The van der Waals surface area contributed by atoms with Crippen LogP contribution in [-0.4, -0.2) is 0 Å². The zero-order valence-electron chi connectivity index (χ0n) is 18.8. The first-order chi connectivity index (χ1) is 14.9. The summed E-state index contributed by atoms with van der Waals surface area (Å²) < 4.78 is 6.13. The van der Waals surface area contributed by atoms with Crippen LogP contribution in [-0.2, 0) is 10.8 Å². The van der Waals surface area contributed by atoms with Crippen molar-refractivity contribution in [2.75, 3.05) is 0 Å². The highest BCUT2D eigenvalue weighted by molar-refractivity contribution is 5.43. The predicted octanol–water partition coefficient (Wildman–Crippen LogP) is 8.13. The highest BCUT2D eigenvalue weighted by atomic mass is 16.5. The highest BCUT2D eigenvalue weighted by Gasteiger charge is 2.24. The van der Waals surface area contributed by atoms with Gasteiger partial charge in [-0.1, -0.05) is 113 Å². The summed E-state index contributed by atoms with van der Waals surface area (Å²) in [7, 11) is 0. The molecule has 0 aliphatic rings. The molecule has 31 heavy (non-hydrogen) atoms. The lowest BCUT2D eigenvalue weighted by atomic mass is 9.78. The standard InChI is InChI=1S/C30H30O/c1-29(2,23-11-7-5-8-12-23)25-15-19-27(20-16-25)31-28-21-17-26(18-22-28)30(3,4)24-13-9-6-10-14-24/h5-22H,1-4H3. The molecule has 4 aromatic rings. The predicted molar refractivity (Wildman–Crippen MR) is 130 cm³/mol. The van der Waals surface area contributed by atoms with Crippen molar-refractivity contribution in [2.45, 2.75) is 38.5 Å². The number of rotatable bonds is 6. The van der Waals surface area contributed by atoms with Crippen molar-refractivity contribution in [1.82, 2.24) is 0 Å². The van der Waals surface area contributed by atoms with Crippen molar-refractivity contribution in [3.05, 3.63) is 131 Å². The Bertz CT molecular complexity index is 1010. The summed E-state index contributed by atoms with van der Waals surface area (Å²) in [6.45, 7) is 9.02. The van der Waals surface area contributed by atoms with E-state index in [1.165, 1.54) is 22.3 Å². The van der Waals surface area contributed by atoms with E-state index in [4.69, 9.17) is 4.74 Å². The summed E-state index contributed by atoms with van der Waals surface area (Å²) >= 11 is 0. The Morgan fingerprint density at radius 1 is 0.387 bits per heavy atom. The molecule has 0 fully saturated rings. The molecule has 1 heteroatoms. The van der Waals surface area contributed by atoms with Gasteiger partial charge < -0.3 is 4.74 Å². The summed E-state index contributed by atoms with van der Waals surface area (Å²) in [6, 6.07) is 38.1. The average molecular weight is 407 g/mol. The zero-order chi connectivity index (χ0) is 21.9. The number of benzene rings is 4. The van der Waals surface area contributed by atoms with Crippen molar-refractivity contribution in [2.24, 2.45) is 0 Å². The molecule has 0 saturated heterocycles. The van der Waals surface area contributed by atoms with Crippen LogP contribution in [0.5, 0.6) is 11.5 Å². The van der Waals surface area contributed by atoms with Gasteiger partial charge in [0.1, 0.15) is 11.5 Å². The second kappa shape index (κ2) is 8.43. The fraction of sp³-hybridized carbons (Fsp3) is 0.200. The van der Waals surface area contributed by atoms with Gasteiger partial charge in [-0.25, -0.2) is 0 Å². The number of ether oxygens (including phenoxy) is 1. The van der Waals surface area contributed by atoms with Crippen molar-refractivity contribution >= 4 is 0 Å². The van der Waals surface area contributed by atoms with Crippen LogP contribution >= 0.6 is 0 Å². The second-order valence-corrected chi connectivity index (χ2v) is 9.13. The largest absolute Gasteiger partial charge is 0.457 e. The van der Waals surface area contributed by atoms with Crippen molar-refractivity contribution in [3.63, 3.8) is 0 Å². The Hall–Kier alpha value is -3.32. The van der Waals surface area contributed by atoms with Crippen LogP contribution in [0.3, 0.4) is 0 Å². The molecule has 4 aromatic carbocycles. The van der Waals surface area contributed by atoms with Gasteiger partial charge in [-0.2, -0.15) is 0 Å². The summed E-state index contributed by atoms with van der Waals surface area (Å²) in [5, 5.41) is 0. The number of hydrogen-bond acceptors (Lipinski definition) is 1. The van der Waals surface area contributed by atoms with Gasteiger partial charge in [0, 0.05) is 10.8 Å². The molecule has 0 aromatic heterocycles. The zero-order valence-corrected chi connectivity index (χ0v) is 18.8. The quantitative estimate of drug-likeness (QED) is 0.314. The Morgan fingerprint density at radius 3 is 1.00 bits per heavy atom. The molecule has 0 aliphatic carbocycles. The van der Waals surface area contributed by atoms with Gasteiger partial charge in [0.2, 0.25) is 0 Å². The topological polar surface area (TPSA) is 9.23 Å². The molecule has 0 N–H and O–H groups in total. The van der Waals surface area contributed by atoms with Crippen LogP contribution in [0.2, 0.25) is 0 Å². The van der Waals surface area contributed by atoms with Crippen LogP contribution in [0.1, 0.15) is 49.9 Å². The van der Waals surface area contributed by atoms with E-state index in [2.05, 4.69) is 137 Å². The van der Waals surface area contributed by atoms with E-state index < -0.39 is 0 Å². The third-order valence-corrected chi connectivity index (χ3v) is 6.38.